The number of hydrogen-bond acceptors (Lipinski definition) is 4. The molecule has 14 heavy (non-hydrogen) atoms. The molecule has 0 rings (SSSR count). The van der Waals surface area contributed by atoms with Crippen molar-refractivity contribution in [3.8, 4) is 0 Å². The fourth-order valence-electron chi connectivity index (χ4n) is 0.619. The summed E-state index contributed by atoms with van der Waals surface area (Å²) in [5.41, 5.74) is 0. The quantitative estimate of drug-likeness (QED) is 0.384. The predicted molar refractivity (Wildman–Crippen MR) is 55.5 cm³/mol. The molecule has 0 aliphatic heterocycles. The van der Waals surface area contributed by atoms with Gasteiger partial charge in [-0.05, 0) is 19.9 Å². The van der Waals surface area contributed by atoms with Crippen molar-refractivity contribution in [3.05, 3.63) is 12.7 Å². The Bertz CT molecular complexity index is 310. The predicted octanol–water partition coefficient (Wildman–Crippen LogP) is -0.648. The van der Waals surface area contributed by atoms with E-state index in [0.29, 0.717) is 0 Å². The van der Waals surface area contributed by atoms with Gasteiger partial charge in [-0.25, -0.2) is 0 Å². The van der Waals surface area contributed by atoms with Crippen molar-refractivity contribution < 1.29 is 17.4 Å². The van der Waals surface area contributed by atoms with Crippen LogP contribution in [-0.4, -0.2) is 45.2 Å². The Labute approximate surface area is 96.2 Å². The summed E-state index contributed by atoms with van der Waals surface area (Å²) in [6.45, 7) is 5.86. The Morgan fingerprint density at radius 1 is 1.50 bits per heavy atom. The number of nitrogens with one attached hydrogen (secondary N) is 1. The molecule has 0 spiro atoms. The summed E-state index contributed by atoms with van der Waals surface area (Å²) in [4.78, 5) is 9.39. The van der Waals surface area contributed by atoms with Crippen LogP contribution in [0.2, 0.25) is 0 Å². The summed E-state index contributed by atoms with van der Waals surface area (Å²) in [6, 6.07) is 0. The summed E-state index contributed by atoms with van der Waals surface area (Å²) in [7, 11) is -2.74. The minimum atomic E-state index is -3.78. The van der Waals surface area contributed by atoms with Crippen LogP contribution in [0.4, 0.5) is 0 Å². The Balaban J connectivity index is 0. The van der Waals surface area contributed by atoms with Crippen LogP contribution in [0.25, 0.3) is 0 Å². The van der Waals surface area contributed by atoms with Crippen LogP contribution in [0.3, 0.4) is 0 Å². The van der Waals surface area contributed by atoms with Crippen molar-refractivity contribution in [2.24, 2.45) is 0 Å². The molecule has 0 atom stereocenters. The zero-order valence-corrected chi connectivity index (χ0v) is 8.64. The number of hydrogen-bond donors (Lipinski definition) is 1. The molecule has 0 aliphatic carbocycles. The van der Waals surface area contributed by atoms with Crippen molar-refractivity contribution in [2.75, 3.05) is 7.11 Å². The second-order valence-electron chi connectivity index (χ2n) is 2.82. The Hall–Kier alpha value is -0.283. The summed E-state index contributed by atoms with van der Waals surface area (Å²) in [5.74, 6) is -0.564. The van der Waals surface area contributed by atoms with Gasteiger partial charge in [0.2, 0.25) is 5.91 Å². The number of rotatable bonds is 4. The maximum absolute atomic E-state index is 11.2. The second kappa shape index (κ2) is 5.56. The second-order valence-corrected chi connectivity index (χ2v) is 5.09. The molecule has 0 aliphatic rings. The van der Waals surface area contributed by atoms with E-state index in [1.165, 1.54) is 13.8 Å². The molecule has 0 saturated carbocycles. The molecule has 0 bridgehead atoms. The summed E-state index contributed by atoms with van der Waals surface area (Å²) >= 11 is 0. The van der Waals surface area contributed by atoms with Crippen molar-refractivity contribution in [3.63, 3.8) is 0 Å². The molecule has 5 nitrogen and oxygen atoms in total. The van der Waals surface area contributed by atoms with Gasteiger partial charge in [0.05, 0.1) is 7.11 Å². The molecule has 7 heteroatoms. The first-order chi connectivity index (χ1) is 5.77. The number of carbonyl (C=O) groups excluding carboxylic acids is 1. The maximum atomic E-state index is 11.2. The van der Waals surface area contributed by atoms with Gasteiger partial charge in [0.15, 0.2) is 4.87 Å². The SMILES string of the molecule is C=CC(=O)NC(C)(C)S(=O)(=O)OC.[LiH]. The van der Waals surface area contributed by atoms with Crippen LogP contribution in [0.5, 0.6) is 0 Å². The zero-order chi connectivity index (χ0) is 10.7. The Kier molecular flexibility index (Phi) is 6.42. The van der Waals surface area contributed by atoms with E-state index in [1.807, 2.05) is 0 Å². The molecule has 0 unspecified atom stereocenters. The van der Waals surface area contributed by atoms with Gasteiger partial charge in [-0.3, -0.25) is 8.98 Å². The van der Waals surface area contributed by atoms with Gasteiger partial charge >= 0.3 is 18.9 Å². The van der Waals surface area contributed by atoms with Crippen molar-refractivity contribution in [1.29, 1.82) is 0 Å². The molecule has 0 saturated heterocycles. The molecule has 78 valence electrons. The first-order valence-electron chi connectivity index (χ1n) is 3.51. The minimum absolute atomic E-state index is 0. The van der Waals surface area contributed by atoms with E-state index in [2.05, 4.69) is 16.1 Å². The van der Waals surface area contributed by atoms with E-state index in [0.717, 1.165) is 13.2 Å². The first-order valence-corrected chi connectivity index (χ1v) is 4.92. The van der Waals surface area contributed by atoms with Gasteiger partial charge in [0, 0.05) is 0 Å². The van der Waals surface area contributed by atoms with Gasteiger partial charge in [0.25, 0.3) is 10.1 Å². The van der Waals surface area contributed by atoms with Crippen LogP contribution in [0, 0.1) is 0 Å². The van der Waals surface area contributed by atoms with E-state index in [4.69, 9.17) is 0 Å². The monoisotopic (exact) mass is 215 g/mol. The third kappa shape index (κ3) is 3.84. The van der Waals surface area contributed by atoms with Gasteiger partial charge in [-0.15, -0.1) is 0 Å². The zero-order valence-electron chi connectivity index (χ0n) is 7.83. The van der Waals surface area contributed by atoms with Crippen LogP contribution >= 0.6 is 0 Å². The normalized spacial score (nSPS) is 11.4. The van der Waals surface area contributed by atoms with Gasteiger partial charge < -0.3 is 5.32 Å². The standard InChI is InChI=1S/C7H13NO4S.Li.H/c1-5-6(9)8-7(2,3)13(10,11)12-4;;/h5H,1H2,2-4H3,(H,8,9);;. The third-order valence-corrected chi connectivity index (χ3v) is 3.24. The molecular formula is C7H14LiNO4S. The summed E-state index contributed by atoms with van der Waals surface area (Å²) in [6.07, 6.45) is 0.993. The average molecular weight is 215 g/mol. The fraction of sp³-hybridized carbons (Fsp3) is 0.571. The Morgan fingerprint density at radius 2 is 1.93 bits per heavy atom. The topological polar surface area (TPSA) is 72.5 Å². The van der Waals surface area contributed by atoms with Gasteiger partial charge in [-0.1, -0.05) is 6.58 Å². The van der Waals surface area contributed by atoms with Crippen LogP contribution in [0.1, 0.15) is 13.8 Å². The van der Waals surface area contributed by atoms with E-state index in [1.54, 1.807) is 0 Å². The van der Waals surface area contributed by atoms with Gasteiger partial charge in [-0.2, -0.15) is 8.42 Å². The summed E-state index contributed by atoms with van der Waals surface area (Å²) in [5, 5.41) is 2.23. The fourth-order valence-corrected chi connectivity index (χ4v) is 1.26. The van der Waals surface area contributed by atoms with E-state index < -0.39 is 20.9 Å². The molecular weight excluding hydrogens is 201 g/mol. The van der Waals surface area contributed by atoms with E-state index in [-0.39, 0.29) is 18.9 Å². The number of amides is 1. The van der Waals surface area contributed by atoms with Crippen molar-refractivity contribution >= 4 is 34.9 Å². The molecule has 0 heterocycles. The van der Waals surface area contributed by atoms with E-state index >= 15 is 0 Å². The molecule has 0 aromatic rings. The van der Waals surface area contributed by atoms with Crippen LogP contribution in [-0.2, 0) is 19.1 Å². The van der Waals surface area contributed by atoms with E-state index in [9.17, 15) is 13.2 Å². The van der Waals surface area contributed by atoms with Gasteiger partial charge in [0.1, 0.15) is 0 Å². The molecule has 0 aromatic heterocycles. The van der Waals surface area contributed by atoms with Crippen molar-refractivity contribution in [1.82, 2.24) is 5.32 Å². The average Bonchev–Trinajstić information content (AvgIpc) is 2.03. The molecule has 0 aromatic carbocycles. The van der Waals surface area contributed by atoms with Crippen molar-refractivity contribution in [2.45, 2.75) is 18.7 Å². The molecule has 1 amide bonds. The molecule has 0 radical (unpaired) electrons. The summed E-state index contributed by atoms with van der Waals surface area (Å²) < 4.78 is 26.7. The Morgan fingerprint density at radius 3 is 2.21 bits per heavy atom. The molecule has 0 fully saturated rings. The van der Waals surface area contributed by atoms with Crippen LogP contribution < -0.4 is 5.32 Å². The molecule has 1 N–H and O–H groups in total. The van der Waals surface area contributed by atoms with Crippen LogP contribution in [0.15, 0.2) is 12.7 Å². The first kappa shape index (κ1) is 16.2. The third-order valence-electron chi connectivity index (χ3n) is 1.45. The number of carbonyl (C=O) groups is 1.